The van der Waals surface area contributed by atoms with Gasteiger partial charge in [0.05, 0.1) is 5.69 Å². The molecule has 0 aromatic carbocycles. The standard InChI is InChI=1S/C21H32N6O/c1-14-9-15(2)27(25-14)18-8-7-16(12-22-18)13-23-19(28)24-17-10-20(3,4)26-21(5,6)11-17/h7-9,12,17,26H,10-11,13H2,1-6H3,(H2,23,24,28). The lowest BCUT2D eigenvalue weighted by Crippen LogP contribution is -2.62. The second-order valence-electron chi connectivity index (χ2n) is 9.19. The van der Waals surface area contributed by atoms with E-state index >= 15 is 0 Å². The summed E-state index contributed by atoms with van der Waals surface area (Å²) in [6.45, 7) is 13.1. The topological polar surface area (TPSA) is 83.9 Å². The van der Waals surface area contributed by atoms with Crippen molar-refractivity contribution in [2.75, 3.05) is 0 Å². The Morgan fingerprint density at radius 2 is 1.89 bits per heavy atom. The molecule has 0 bridgehead atoms. The Balaban J connectivity index is 1.54. The monoisotopic (exact) mass is 384 g/mol. The molecule has 28 heavy (non-hydrogen) atoms. The fourth-order valence-corrected chi connectivity index (χ4v) is 4.35. The molecule has 2 amide bonds. The van der Waals surface area contributed by atoms with Gasteiger partial charge in [-0.15, -0.1) is 0 Å². The third kappa shape index (κ3) is 5.10. The van der Waals surface area contributed by atoms with Gasteiger partial charge in [-0.05, 0) is 72.1 Å². The van der Waals surface area contributed by atoms with Crippen LogP contribution in [0.4, 0.5) is 4.79 Å². The molecule has 1 aliphatic rings. The zero-order chi connectivity index (χ0) is 20.5. The van der Waals surface area contributed by atoms with Gasteiger partial charge in [0.2, 0.25) is 0 Å². The zero-order valence-electron chi connectivity index (χ0n) is 17.8. The van der Waals surface area contributed by atoms with Crippen molar-refractivity contribution in [2.45, 2.75) is 78.0 Å². The van der Waals surface area contributed by atoms with Crippen LogP contribution in [0.2, 0.25) is 0 Å². The molecule has 152 valence electrons. The number of rotatable bonds is 4. The van der Waals surface area contributed by atoms with Crippen LogP contribution in [0, 0.1) is 13.8 Å². The van der Waals surface area contributed by atoms with Crippen LogP contribution in [0.3, 0.4) is 0 Å². The van der Waals surface area contributed by atoms with Gasteiger partial charge in [-0.3, -0.25) is 0 Å². The third-order valence-corrected chi connectivity index (χ3v) is 5.01. The number of aromatic nitrogens is 3. The predicted molar refractivity (Wildman–Crippen MR) is 111 cm³/mol. The quantitative estimate of drug-likeness (QED) is 0.757. The van der Waals surface area contributed by atoms with Gasteiger partial charge in [-0.1, -0.05) is 6.07 Å². The molecule has 0 atom stereocenters. The zero-order valence-corrected chi connectivity index (χ0v) is 17.8. The van der Waals surface area contributed by atoms with Crippen molar-refractivity contribution in [1.29, 1.82) is 0 Å². The molecule has 1 saturated heterocycles. The number of urea groups is 1. The number of aryl methyl sites for hydroxylation is 2. The molecule has 0 saturated carbocycles. The lowest BCUT2D eigenvalue weighted by molar-refractivity contribution is 0.147. The first kappa shape index (κ1) is 20.3. The number of hydrogen-bond acceptors (Lipinski definition) is 4. The van der Waals surface area contributed by atoms with E-state index in [1.165, 1.54) is 0 Å². The molecular formula is C21H32N6O. The lowest BCUT2D eigenvalue weighted by atomic mass is 9.80. The number of nitrogens with zero attached hydrogens (tertiary/aromatic N) is 3. The third-order valence-electron chi connectivity index (χ3n) is 5.01. The van der Waals surface area contributed by atoms with Crippen LogP contribution >= 0.6 is 0 Å². The average molecular weight is 385 g/mol. The number of amides is 2. The van der Waals surface area contributed by atoms with Gasteiger partial charge in [-0.2, -0.15) is 5.10 Å². The first-order chi connectivity index (χ1) is 13.0. The summed E-state index contributed by atoms with van der Waals surface area (Å²) in [4.78, 5) is 16.8. The molecule has 1 aliphatic heterocycles. The fourth-order valence-electron chi connectivity index (χ4n) is 4.35. The molecule has 3 N–H and O–H groups in total. The number of piperidine rings is 1. The number of hydrogen-bond donors (Lipinski definition) is 3. The van der Waals surface area contributed by atoms with E-state index in [2.05, 4.69) is 53.7 Å². The SMILES string of the molecule is Cc1cc(C)n(-c2ccc(CNC(=O)NC3CC(C)(C)NC(C)(C)C3)cn2)n1. The number of pyridine rings is 1. The van der Waals surface area contributed by atoms with Crippen molar-refractivity contribution in [3.05, 3.63) is 41.3 Å². The summed E-state index contributed by atoms with van der Waals surface area (Å²) in [6.07, 6.45) is 3.59. The maximum absolute atomic E-state index is 12.4. The van der Waals surface area contributed by atoms with Crippen LogP contribution in [0.15, 0.2) is 24.4 Å². The molecule has 7 heteroatoms. The van der Waals surface area contributed by atoms with E-state index in [0.717, 1.165) is 35.6 Å². The smallest absolute Gasteiger partial charge is 0.315 e. The molecule has 0 unspecified atom stereocenters. The Morgan fingerprint density at radius 1 is 1.21 bits per heavy atom. The maximum Gasteiger partial charge on any atom is 0.315 e. The van der Waals surface area contributed by atoms with Gasteiger partial charge in [-0.25, -0.2) is 14.5 Å². The number of nitrogens with one attached hydrogen (secondary N) is 3. The molecule has 3 rings (SSSR count). The Hall–Kier alpha value is -2.41. The average Bonchev–Trinajstić information content (AvgIpc) is 2.89. The van der Waals surface area contributed by atoms with Crippen molar-refractivity contribution in [3.63, 3.8) is 0 Å². The van der Waals surface area contributed by atoms with Crippen molar-refractivity contribution in [2.24, 2.45) is 0 Å². The highest BCUT2D eigenvalue weighted by molar-refractivity contribution is 5.74. The van der Waals surface area contributed by atoms with Crippen LogP contribution in [-0.2, 0) is 6.54 Å². The fraction of sp³-hybridized carbons (Fsp3) is 0.571. The normalized spacial score (nSPS) is 18.6. The molecule has 7 nitrogen and oxygen atoms in total. The van der Waals surface area contributed by atoms with Crippen LogP contribution < -0.4 is 16.0 Å². The first-order valence-electron chi connectivity index (χ1n) is 9.85. The predicted octanol–water partition coefficient (Wildman–Crippen LogP) is 2.99. The summed E-state index contributed by atoms with van der Waals surface area (Å²) in [5.41, 5.74) is 2.96. The summed E-state index contributed by atoms with van der Waals surface area (Å²) >= 11 is 0. The van der Waals surface area contributed by atoms with E-state index in [0.29, 0.717) is 6.54 Å². The van der Waals surface area contributed by atoms with Gasteiger partial charge in [0.1, 0.15) is 0 Å². The van der Waals surface area contributed by atoms with Gasteiger partial charge < -0.3 is 16.0 Å². The van der Waals surface area contributed by atoms with Crippen LogP contribution in [0.5, 0.6) is 0 Å². The van der Waals surface area contributed by atoms with E-state index in [1.807, 2.05) is 36.7 Å². The molecule has 2 aromatic rings. The molecule has 0 spiro atoms. The van der Waals surface area contributed by atoms with Crippen LogP contribution in [0.1, 0.15) is 57.5 Å². The van der Waals surface area contributed by atoms with E-state index in [4.69, 9.17) is 0 Å². The molecular weight excluding hydrogens is 352 g/mol. The van der Waals surface area contributed by atoms with Crippen molar-refractivity contribution >= 4 is 6.03 Å². The largest absolute Gasteiger partial charge is 0.335 e. The summed E-state index contributed by atoms with van der Waals surface area (Å²) in [5, 5.41) is 14.1. The minimum Gasteiger partial charge on any atom is -0.335 e. The van der Waals surface area contributed by atoms with Gasteiger partial charge >= 0.3 is 6.03 Å². The Morgan fingerprint density at radius 3 is 2.43 bits per heavy atom. The first-order valence-corrected chi connectivity index (χ1v) is 9.85. The van der Waals surface area contributed by atoms with E-state index in [9.17, 15) is 4.79 Å². The molecule has 2 aromatic heterocycles. The summed E-state index contributed by atoms with van der Waals surface area (Å²) in [6, 6.07) is 5.92. The van der Waals surface area contributed by atoms with E-state index in [1.54, 1.807) is 6.20 Å². The highest BCUT2D eigenvalue weighted by atomic mass is 16.2. The van der Waals surface area contributed by atoms with E-state index in [-0.39, 0.29) is 23.2 Å². The molecule has 1 fully saturated rings. The second-order valence-corrected chi connectivity index (χ2v) is 9.19. The molecule has 0 aliphatic carbocycles. The Labute approximate surface area is 167 Å². The Bertz CT molecular complexity index is 821. The molecule has 3 heterocycles. The highest BCUT2D eigenvalue weighted by Crippen LogP contribution is 2.28. The van der Waals surface area contributed by atoms with Gasteiger partial charge in [0.15, 0.2) is 5.82 Å². The summed E-state index contributed by atoms with van der Waals surface area (Å²) in [5.74, 6) is 0.776. The maximum atomic E-state index is 12.4. The van der Waals surface area contributed by atoms with Crippen molar-refractivity contribution < 1.29 is 4.79 Å². The summed E-state index contributed by atoms with van der Waals surface area (Å²) in [7, 11) is 0. The number of carbonyl (C=O) groups is 1. The van der Waals surface area contributed by atoms with Crippen LogP contribution in [-0.4, -0.2) is 37.9 Å². The summed E-state index contributed by atoms with van der Waals surface area (Å²) < 4.78 is 1.82. The van der Waals surface area contributed by atoms with Crippen molar-refractivity contribution in [1.82, 2.24) is 30.7 Å². The Kier molecular flexibility index (Phi) is 5.48. The van der Waals surface area contributed by atoms with Crippen molar-refractivity contribution in [3.8, 4) is 5.82 Å². The van der Waals surface area contributed by atoms with E-state index < -0.39 is 0 Å². The second kappa shape index (κ2) is 7.54. The van der Waals surface area contributed by atoms with Crippen LogP contribution in [0.25, 0.3) is 5.82 Å². The van der Waals surface area contributed by atoms with Gasteiger partial charge in [0, 0.05) is 35.6 Å². The highest BCUT2D eigenvalue weighted by Gasteiger charge is 2.38. The minimum atomic E-state index is -0.138. The molecule has 0 radical (unpaired) electrons. The number of carbonyl (C=O) groups excluding carboxylic acids is 1. The lowest BCUT2D eigenvalue weighted by Gasteiger charge is -2.46. The van der Waals surface area contributed by atoms with Gasteiger partial charge in [0.25, 0.3) is 0 Å². The minimum absolute atomic E-state index is 0.00241.